The minimum absolute atomic E-state index is 0.388. The topological polar surface area (TPSA) is 30.9 Å². The number of aliphatic imine (C=N–C) groups is 1. The molecule has 1 aromatic carbocycles. The van der Waals surface area contributed by atoms with Gasteiger partial charge in [0, 0.05) is 57.2 Å². The first-order valence-corrected chi connectivity index (χ1v) is 8.86. The Morgan fingerprint density at radius 3 is 2.54 bits per heavy atom. The van der Waals surface area contributed by atoms with E-state index in [1.807, 2.05) is 12.3 Å². The summed E-state index contributed by atoms with van der Waals surface area (Å²) in [5, 5.41) is 3.43. The van der Waals surface area contributed by atoms with E-state index in [0.717, 1.165) is 13.1 Å². The third-order valence-electron chi connectivity index (χ3n) is 5.04. The summed E-state index contributed by atoms with van der Waals surface area (Å²) in [6.07, 6.45) is 9.83. The first-order valence-electron chi connectivity index (χ1n) is 8.86. The number of nitrogens with zero attached hydrogens (tertiary/aromatic N) is 3. The van der Waals surface area contributed by atoms with Crippen molar-refractivity contribution in [1.82, 2.24) is 15.1 Å². The summed E-state index contributed by atoms with van der Waals surface area (Å²) < 4.78 is 0. The highest BCUT2D eigenvalue weighted by molar-refractivity contribution is 5.71. The second kappa shape index (κ2) is 8.27. The van der Waals surface area contributed by atoms with Gasteiger partial charge in [0.1, 0.15) is 0 Å². The molecule has 2 aliphatic rings. The summed E-state index contributed by atoms with van der Waals surface area (Å²) in [7, 11) is 0. The predicted molar refractivity (Wildman–Crippen MR) is 101 cm³/mol. The average molecular weight is 324 g/mol. The van der Waals surface area contributed by atoms with Crippen molar-refractivity contribution in [3.8, 4) is 0 Å². The number of allylic oxidation sites excluding steroid dienone is 1. The number of piperazine rings is 1. The van der Waals surface area contributed by atoms with Crippen molar-refractivity contribution in [2.45, 2.75) is 24.9 Å². The van der Waals surface area contributed by atoms with Gasteiger partial charge >= 0.3 is 0 Å². The Balaban J connectivity index is 1.42. The van der Waals surface area contributed by atoms with E-state index in [4.69, 9.17) is 0 Å². The zero-order valence-electron chi connectivity index (χ0n) is 14.4. The van der Waals surface area contributed by atoms with Gasteiger partial charge in [-0.3, -0.25) is 14.8 Å². The van der Waals surface area contributed by atoms with Crippen LogP contribution in [0.3, 0.4) is 0 Å². The molecule has 1 N–H and O–H groups in total. The van der Waals surface area contributed by atoms with Gasteiger partial charge in [-0.25, -0.2) is 0 Å². The molecule has 4 heteroatoms. The lowest BCUT2D eigenvalue weighted by Gasteiger charge is -2.40. The fourth-order valence-corrected chi connectivity index (χ4v) is 3.44. The number of benzene rings is 1. The van der Waals surface area contributed by atoms with Crippen LogP contribution in [0.5, 0.6) is 0 Å². The molecule has 0 radical (unpaired) electrons. The molecular weight excluding hydrogens is 296 g/mol. The van der Waals surface area contributed by atoms with Crippen LogP contribution in [0, 0.1) is 0 Å². The van der Waals surface area contributed by atoms with Crippen molar-refractivity contribution >= 4 is 6.21 Å². The Bertz CT molecular complexity index is 567. The first-order chi connectivity index (χ1) is 11.8. The molecule has 4 nitrogen and oxygen atoms in total. The molecule has 0 aromatic heterocycles. The minimum Gasteiger partial charge on any atom is -0.389 e. The molecule has 0 bridgehead atoms. The van der Waals surface area contributed by atoms with Crippen LogP contribution in [0.2, 0.25) is 0 Å². The van der Waals surface area contributed by atoms with Crippen LogP contribution >= 0.6 is 0 Å². The Morgan fingerprint density at radius 2 is 1.88 bits per heavy atom. The van der Waals surface area contributed by atoms with Crippen molar-refractivity contribution in [2.75, 3.05) is 32.7 Å². The zero-order valence-corrected chi connectivity index (χ0v) is 14.4. The van der Waals surface area contributed by atoms with E-state index >= 15 is 0 Å². The highest BCUT2D eigenvalue weighted by Gasteiger charge is 2.47. The van der Waals surface area contributed by atoms with Gasteiger partial charge in [-0.15, -0.1) is 0 Å². The van der Waals surface area contributed by atoms with E-state index in [1.54, 1.807) is 12.4 Å². The van der Waals surface area contributed by atoms with E-state index in [0.29, 0.717) is 5.54 Å². The Morgan fingerprint density at radius 1 is 1.12 bits per heavy atom. The predicted octanol–water partition coefficient (Wildman–Crippen LogP) is 2.65. The van der Waals surface area contributed by atoms with Crippen molar-refractivity contribution in [3.05, 3.63) is 61.0 Å². The van der Waals surface area contributed by atoms with Crippen molar-refractivity contribution < 1.29 is 0 Å². The molecule has 0 atom stereocenters. The van der Waals surface area contributed by atoms with E-state index in [1.165, 1.54) is 44.6 Å². The molecule has 0 unspecified atom stereocenters. The van der Waals surface area contributed by atoms with Crippen molar-refractivity contribution in [3.63, 3.8) is 0 Å². The van der Waals surface area contributed by atoms with E-state index < -0.39 is 0 Å². The molecule has 0 amide bonds. The number of rotatable bonds is 8. The number of hydrogen-bond acceptors (Lipinski definition) is 4. The molecule has 128 valence electrons. The van der Waals surface area contributed by atoms with Gasteiger partial charge in [0.2, 0.25) is 0 Å². The maximum Gasteiger partial charge on any atom is 0.0384 e. The quantitative estimate of drug-likeness (QED) is 0.746. The first kappa shape index (κ1) is 16.9. The van der Waals surface area contributed by atoms with Gasteiger partial charge in [0.15, 0.2) is 0 Å². The molecule has 0 spiro atoms. The molecule has 24 heavy (non-hydrogen) atoms. The zero-order chi connectivity index (χ0) is 16.7. The summed E-state index contributed by atoms with van der Waals surface area (Å²) in [6.45, 7) is 10.3. The lowest BCUT2D eigenvalue weighted by Crippen LogP contribution is -2.53. The smallest absolute Gasteiger partial charge is 0.0384 e. The lowest BCUT2D eigenvalue weighted by atomic mass is 10.1. The van der Waals surface area contributed by atoms with Crippen LogP contribution in [-0.2, 0) is 6.54 Å². The SMILES string of the molecule is C=C/N=C\C=C\NCC1(N2CCN(Cc3ccccc3)CC2)CC1. The molecule has 1 aliphatic carbocycles. The number of hydrogen-bond donors (Lipinski definition) is 1. The largest absolute Gasteiger partial charge is 0.389 e. The second-order valence-electron chi connectivity index (χ2n) is 6.69. The lowest BCUT2D eigenvalue weighted by molar-refractivity contribution is 0.0816. The summed E-state index contributed by atoms with van der Waals surface area (Å²) in [5.74, 6) is 0. The summed E-state index contributed by atoms with van der Waals surface area (Å²) in [5.41, 5.74) is 1.80. The van der Waals surface area contributed by atoms with E-state index in [2.05, 4.69) is 57.0 Å². The standard InChI is InChI=1S/C20H28N4/c1-2-21-11-6-12-22-18-20(9-10-20)24-15-13-23(14-16-24)17-19-7-4-3-5-8-19/h2-8,11-12,22H,1,9-10,13-18H2/b12-6+,21-11-. The van der Waals surface area contributed by atoms with Crippen LogP contribution in [-0.4, -0.2) is 54.3 Å². The fourth-order valence-electron chi connectivity index (χ4n) is 3.44. The summed E-state index contributed by atoms with van der Waals surface area (Å²) in [4.78, 5) is 9.21. The van der Waals surface area contributed by atoms with Crippen LogP contribution in [0.15, 0.2) is 60.4 Å². The van der Waals surface area contributed by atoms with E-state index in [-0.39, 0.29) is 0 Å². The Labute approximate surface area is 145 Å². The molecular formula is C20H28N4. The Hall–Kier alpha value is -1.91. The maximum atomic E-state index is 3.95. The van der Waals surface area contributed by atoms with Gasteiger partial charge in [-0.2, -0.15) is 0 Å². The minimum atomic E-state index is 0.388. The number of nitrogens with one attached hydrogen (secondary N) is 1. The molecule has 1 saturated heterocycles. The van der Waals surface area contributed by atoms with Gasteiger partial charge < -0.3 is 5.32 Å². The van der Waals surface area contributed by atoms with Crippen LogP contribution in [0.25, 0.3) is 0 Å². The molecule has 1 saturated carbocycles. The third-order valence-corrected chi connectivity index (χ3v) is 5.04. The van der Waals surface area contributed by atoms with Crippen LogP contribution in [0.1, 0.15) is 18.4 Å². The summed E-state index contributed by atoms with van der Waals surface area (Å²) in [6, 6.07) is 10.8. The Kier molecular flexibility index (Phi) is 5.83. The molecule has 1 aliphatic heterocycles. The van der Waals surface area contributed by atoms with Gasteiger partial charge in [0.25, 0.3) is 0 Å². The monoisotopic (exact) mass is 324 g/mol. The van der Waals surface area contributed by atoms with Gasteiger partial charge in [-0.1, -0.05) is 36.9 Å². The fraction of sp³-hybridized carbons (Fsp3) is 0.450. The van der Waals surface area contributed by atoms with Crippen molar-refractivity contribution in [2.24, 2.45) is 4.99 Å². The van der Waals surface area contributed by atoms with E-state index in [9.17, 15) is 0 Å². The van der Waals surface area contributed by atoms with Crippen LogP contribution < -0.4 is 5.32 Å². The highest BCUT2D eigenvalue weighted by Crippen LogP contribution is 2.41. The normalized spacial score (nSPS) is 21.3. The molecule has 1 heterocycles. The second-order valence-corrected chi connectivity index (χ2v) is 6.69. The van der Waals surface area contributed by atoms with Crippen LogP contribution in [0.4, 0.5) is 0 Å². The molecule has 3 rings (SSSR count). The average Bonchev–Trinajstić information content (AvgIpc) is 3.41. The van der Waals surface area contributed by atoms with Crippen molar-refractivity contribution in [1.29, 1.82) is 0 Å². The van der Waals surface area contributed by atoms with Gasteiger partial charge in [-0.05, 0) is 30.7 Å². The molecule has 1 aromatic rings. The highest BCUT2D eigenvalue weighted by atomic mass is 15.3. The maximum absolute atomic E-state index is 3.95. The van der Waals surface area contributed by atoms with Gasteiger partial charge in [0.05, 0.1) is 0 Å². The molecule has 2 fully saturated rings. The third kappa shape index (κ3) is 4.56. The summed E-state index contributed by atoms with van der Waals surface area (Å²) >= 11 is 0.